The van der Waals surface area contributed by atoms with E-state index in [1.54, 1.807) is 0 Å². The molecule has 0 aromatic carbocycles. The summed E-state index contributed by atoms with van der Waals surface area (Å²) in [4.78, 5) is 10.1. The minimum Gasteiger partial charge on any atom is -0.389 e. The molecule has 0 saturated carbocycles. The van der Waals surface area contributed by atoms with Crippen molar-refractivity contribution >= 4 is 27.9 Å². The second-order valence-corrected chi connectivity index (χ2v) is 4.00. The number of alkyl halides is 1. The van der Waals surface area contributed by atoms with Crippen molar-refractivity contribution in [1.29, 1.82) is 0 Å². The Hall–Kier alpha value is -0.690. The van der Waals surface area contributed by atoms with E-state index in [1.807, 2.05) is 0 Å². The van der Waals surface area contributed by atoms with Crippen LogP contribution in [0.3, 0.4) is 0 Å². The highest BCUT2D eigenvalue weighted by molar-refractivity contribution is 7.15. The topological polar surface area (TPSA) is 83.6 Å². The first-order valence-electron chi connectivity index (χ1n) is 3.72. The first-order valence-corrected chi connectivity index (χ1v) is 5.07. The average molecular weight is 238 g/mol. The molecule has 1 heterocycles. The third-order valence-electron chi connectivity index (χ3n) is 1.61. The molecular formula is C7H8ClNO4S. The summed E-state index contributed by atoms with van der Waals surface area (Å²) in [5.41, 5.74) is 0. The summed E-state index contributed by atoms with van der Waals surface area (Å²) in [6.45, 7) is 0. The standard InChI is InChI=1S/C7H8ClNO4S/c8-3-4(10)7(11)5-1-2-6(14-5)9(12)13/h1-2,4,7,10-11H,3H2. The smallest absolute Gasteiger partial charge is 0.324 e. The molecule has 14 heavy (non-hydrogen) atoms. The van der Waals surface area contributed by atoms with Crippen LogP contribution in [-0.4, -0.2) is 27.1 Å². The molecule has 0 aliphatic heterocycles. The lowest BCUT2D eigenvalue weighted by atomic mass is 10.2. The number of aliphatic hydroxyl groups is 2. The molecule has 2 atom stereocenters. The first-order chi connectivity index (χ1) is 6.56. The second-order valence-electron chi connectivity index (χ2n) is 2.60. The van der Waals surface area contributed by atoms with Gasteiger partial charge in [0, 0.05) is 10.9 Å². The van der Waals surface area contributed by atoms with Crippen LogP contribution >= 0.6 is 22.9 Å². The zero-order valence-corrected chi connectivity index (χ0v) is 8.53. The minimum atomic E-state index is -1.16. The zero-order valence-electron chi connectivity index (χ0n) is 6.96. The molecule has 0 amide bonds. The Morgan fingerprint density at radius 2 is 2.21 bits per heavy atom. The third kappa shape index (κ3) is 2.42. The SMILES string of the molecule is O=[N+]([O-])c1ccc(C(O)C(O)CCl)s1. The molecule has 1 rings (SSSR count). The molecule has 78 valence electrons. The van der Waals surface area contributed by atoms with Crippen LogP contribution in [0.15, 0.2) is 12.1 Å². The Kier molecular flexibility index (Phi) is 3.82. The Bertz CT molecular complexity index is 329. The molecule has 0 aliphatic rings. The molecule has 0 aliphatic carbocycles. The number of hydrogen-bond acceptors (Lipinski definition) is 5. The van der Waals surface area contributed by atoms with Crippen LogP contribution in [-0.2, 0) is 0 Å². The normalized spacial score (nSPS) is 15.1. The summed E-state index contributed by atoms with van der Waals surface area (Å²) in [6, 6.07) is 2.69. The van der Waals surface area contributed by atoms with Gasteiger partial charge in [0.2, 0.25) is 0 Å². The molecule has 1 aromatic rings. The summed E-state index contributed by atoms with van der Waals surface area (Å²) in [5, 5.41) is 28.9. The number of rotatable bonds is 4. The summed E-state index contributed by atoms with van der Waals surface area (Å²) >= 11 is 6.15. The maximum Gasteiger partial charge on any atom is 0.324 e. The summed E-state index contributed by atoms with van der Waals surface area (Å²) < 4.78 is 0. The van der Waals surface area contributed by atoms with E-state index in [9.17, 15) is 20.3 Å². The van der Waals surface area contributed by atoms with E-state index < -0.39 is 17.1 Å². The van der Waals surface area contributed by atoms with Gasteiger partial charge in [-0.15, -0.1) is 11.6 Å². The predicted octanol–water partition coefficient (Wildman–Crippen LogP) is 1.29. The van der Waals surface area contributed by atoms with Crippen LogP contribution in [0.1, 0.15) is 11.0 Å². The highest BCUT2D eigenvalue weighted by atomic mass is 35.5. The highest BCUT2D eigenvalue weighted by Gasteiger charge is 2.21. The van der Waals surface area contributed by atoms with Crippen molar-refractivity contribution in [3.05, 3.63) is 27.1 Å². The fraction of sp³-hybridized carbons (Fsp3) is 0.429. The lowest BCUT2D eigenvalue weighted by Gasteiger charge is -2.12. The van der Waals surface area contributed by atoms with Crippen molar-refractivity contribution in [3.8, 4) is 0 Å². The number of nitro groups is 1. The number of hydrogen-bond donors (Lipinski definition) is 2. The molecule has 2 N–H and O–H groups in total. The largest absolute Gasteiger partial charge is 0.389 e. The number of thiophene rings is 1. The Morgan fingerprint density at radius 1 is 1.57 bits per heavy atom. The van der Waals surface area contributed by atoms with Crippen LogP contribution in [0.2, 0.25) is 0 Å². The van der Waals surface area contributed by atoms with E-state index in [0.29, 0.717) is 4.88 Å². The van der Waals surface area contributed by atoms with Gasteiger partial charge in [0.15, 0.2) is 0 Å². The van der Waals surface area contributed by atoms with Gasteiger partial charge in [-0.25, -0.2) is 0 Å². The van der Waals surface area contributed by atoms with Crippen LogP contribution in [0.5, 0.6) is 0 Å². The van der Waals surface area contributed by atoms with Gasteiger partial charge in [0.05, 0.1) is 16.9 Å². The van der Waals surface area contributed by atoms with Gasteiger partial charge in [-0.3, -0.25) is 10.1 Å². The molecule has 0 saturated heterocycles. The van der Waals surface area contributed by atoms with Crippen LogP contribution < -0.4 is 0 Å². The van der Waals surface area contributed by atoms with Gasteiger partial charge < -0.3 is 10.2 Å². The maximum absolute atomic E-state index is 10.3. The van der Waals surface area contributed by atoms with Crippen LogP contribution in [0.4, 0.5) is 5.00 Å². The van der Waals surface area contributed by atoms with E-state index in [4.69, 9.17) is 11.6 Å². The van der Waals surface area contributed by atoms with Crippen molar-refractivity contribution in [2.45, 2.75) is 12.2 Å². The van der Waals surface area contributed by atoms with Crippen LogP contribution in [0.25, 0.3) is 0 Å². The quantitative estimate of drug-likeness (QED) is 0.470. The van der Waals surface area contributed by atoms with E-state index in [1.165, 1.54) is 12.1 Å². The Labute approximate surface area is 88.7 Å². The lowest BCUT2D eigenvalue weighted by molar-refractivity contribution is -0.380. The van der Waals surface area contributed by atoms with E-state index >= 15 is 0 Å². The van der Waals surface area contributed by atoms with Gasteiger partial charge in [-0.05, 0) is 6.07 Å². The minimum absolute atomic E-state index is 0.0687. The summed E-state index contributed by atoms with van der Waals surface area (Å²) in [7, 11) is 0. The number of nitrogens with zero attached hydrogens (tertiary/aromatic N) is 1. The molecule has 2 unspecified atom stereocenters. The van der Waals surface area contributed by atoms with Gasteiger partial charge >= 0.3 is 5.00 Å². The molecule has 1 aromatic heterocycles. The van der Waals surface area contributed by atoms with Crippen molar-refractivity contribution in [3.63, 3.8) is 0 Å². The van der Waals surface area contributed by atoms with Crippen molar-refractivity contribution in [1.82, 2.24) is 0 Å². The average Bonchev–Trinajstić information content (AvgIpc) is 2.64. The molecular weight excluding hydrogens is 230 g/mol. The molecule has 0 spiro atoms. The monoisotopic (exact) mass is 237 g/mol. The van der Waals surface area contributed by atoms with Gasteiger partial charge in [0.1, 0.15) is 6.10 Å². The van der Waals surface area contributed by atoms with E-state index in [2.05, 4.69) is 0 Å². The third-order valence-corrected chi connectivity index (χ3v) is 3.03. The molecule has 5 nitrogen and oxygen atoms in total. The zero-order chi connectivity index (χ0) is 10.7. The Morgan fingerprint density at radius 3 is 2.64 bits per heavy atom. The van der Waals surface area contributed by atoms with Crippen molar-refractivity contribution < 1.29 is 15.1 Å². The lowest BCUT2D eigenvalue weighted by Crippen LogP contribution is -2.18. The first kappa shape index (κ1) is 11.4. The maximum atomic E-state index is 10.3. The van der Waals surface area contributed by atoms with Crippen molar-refractivity contribution in [2.75, 3.05) is 5.88 Å². The van der Waals surface area contributed by atoms with Crippen molar-refractivity contribution in [2.24, 2.45) is 0 Å². The van der Waals surface area contributed by atoms with Crippen LogP contribution in [0, 0.1) is 10.1 Å². The summed E-state index contributed by atoms with van der Waals surface area (Å²) in [5.74, 6) is -0.118. The Balaban J connectivity index is 2.81. The van der Waals surface area contributed by atoms with E-state index in [-0.39, 0.29) is 10.9 Å². The second kappa shape index (κ2) is 4.70. The predicted molar refractivity (Wildman–Crippen MR) is 52.7 cm³/mol. The van der Waals surface area contributed by atoms with Gasteiger partial charge in [-0.1, -0.05) is 11.3 Å². The summed E-state index contributed by atoms with van der Waals surface area (Å²) in [6.07, 6.45) is -2.26. The van der Waals surface area contributed by atoms with E-state index in [0.717, 1.165) is 11.3 Å². The molecule has 0 bridgehead atoms. The fourth-order valence-corrected chi connectivity index (χ4v) is 1.91. The van der Waals surface area contributed by atoms with Gasteiger partial charge in [0.25, 0.3) is 0 Å². The molecule has 7 heteroatoms. The fourth-order valence-electron chi connectivity index (χ4n) is 0.873. The highest BCUT2D eigenvalue weighted by Crippen LogP contribution is 2.30. The number of halogens is 1. The van der Waals surface area contributed by atoms with Gasteiger partial charge in [-0.2, -0.15) is 0 Å². The number of aliphatic hydroxyl groups excluding tert-OH is 2. The molecule has 0 fully saturated rings. The molecule has 0 radical (unpaired) electrons.